The van der Waals surface area contributed by atoms with Crippen LogP contribution in [-0.2, 0) is 11.2 Å². The van der Waals surface area contributed by atoms with E-state index < -0.39 is 0 Å². The second-order valence-electron chi connectivity index (χ2n) is 5.86. The zero-order chi connectivity index (χ0) is 16.2. The fourth-order valence-electron chi connectivity index (χ4n) is 2.82. The average molecular weight is 318 g/mol. The van der Waals surface area contributed by atoms with Crippen molar-refractivity contribution in [3.8, 4) is 11.5 Å². The highest BCUT2D eigenvalue weighted by Gasteiger charge is 2.23. The van der Waals surface area contributed by atoms with E-state index in [0.717, 1.165) is 19.4 Å². The van der Waals surface area contributed by atoms with E-state index in [1.807, 2.05) is 0 Å². The van der Waals surface area contributed by atoms with Crippen molar-refractivity contribution in [3.05, 3.63) is 42.0 Å². The molecule has 0 radical (unpaired) electrons. The summed E-state index contributed by atoms with van der Waals surface area (Å²) in [5, 5.41) is 9.24. The molecule has 1 saturated heterocycles. The van der Waals surface area contributed by atoms with Gasteiger partial charge >= 0.3 is 0 Å². The lowest BCUT2D eigenvalue weighted by Crippen LogP contribution is -2.41. The molecule has 6 heteroatoms. The first-order valence-electron chi connectivity index (χ1n) is 7.74. The highest BCUT2D eigenvalue weighted by atomic mass is 19.1. The van der Waals surface area contributed by atoms with Gasteiger partial charge in [0, 0.05) is 25.3 Å². The van der Waals surface area contributed by atoms with Gasteiger partial charge < -0.3 is 14.4 Å². The van der Waals surface area contributed by atoms with E-state index in [1.165, 1.54) is 18.4 Å². The summed E-state index contributed by atoms with van der Waals surface area (Å²) in [6.07, 6.45) is 3.50. The molecule has 3 rings (SSSR count). The Morgan fingerprint density at radius 3 is 2.91 bits per heavy atom. The predicted molar refractivity (Wildman–Crippen MR) is 82.0 cm³/mol. The van der Waals surface area contributed by atoms with E-state index in [-0.39, 0.29) is 30.7 Å². The molecule has 1 N–H and O–H groups in total. The number of rotatable bonds is 4. The van der Waals surface area contributed by atoms with Crippen molar-refractivity contribution in [1.82, 2.24) is 9.88 Å². The Kier molecular flexibility index (Phi) is 4.71. The lowest BCUT2D eigenvalue weighted by atomic mass is 9.99. The minimum atomic E-state index is -0.320. The monoisotopic (exact) mass is 318 g/mol. The molecule has 0 spiro atoms. The van der Waals surface area contributed by atoms with Gasteiger partial charge in [-0.15, -0.1) is 0 Å². The summed E-state index contributed by atoms with van der Waals surface area (Å²) in [5.41, 5.74) is 1.23. The number of aromatic nitrogens is 1. The lowest BCUT2D eigenvalue weighted by molar-refractivity contribution is -0.132. The summed E-state index contributed by atoms with van der Waals surface area (Å²) in [7, 11) is 0. The van der Waals surface area contributed by atoms with Crippen molar-refractivity contribution in [2.24, 2.45) is 5.92 Å². The highest BCUT2D eigenvalue weighted by molar-refractivity contribution is 5.78. The zero-order valence-corrected chi connectivity index (χ0v) is 12.7. The summed E-state index contributed by atoms with van der Waals surface area (Å²) in [6.45, 7) is 1.43. The van der Waals surface area contributed by atoms with Crippen molar-refractivity contribution >= 4 is 5.91 Å². The molecule has 1 aliphatic heterocycles. The van der Waals surface area contributed by atoms with E-state index in [1.54, 1.807) is 17.0 Å². The Hall–Kier alpha value is -2.21. The Morgan fingerprint density at radius 1 is 1.39 bits per heavy atom. The van der Waals surface area contributed by atoms with Crippen LogP contribution in [0.4, 0.5) is 4.39 Å². The van der Waals surface area contributed by atoms with Crippen LogP contribution in [0.1, 0.15) is 18.5 Å². The molecule has 1 atom stereocenters. The van der Waals surface area contributed by atoms with Crippen molar-refractivity contribution in [2.75, 3.05) is 19.7 Å². The van der Waals surface area contributed by atoms with Crippen LogP contribution in [0.2, 0.25) is 0 Å². The summed E-state index contributed by atoms with van der Waals surface area (Å²) in [4.78, 5) is 18.4. The summed E-state index contributed by atoms with van der Waals surface area (Å²) in [5.74, 6) is 0.209. The molecule has 122 valence electrons. The summed E-state index contributed by atoms with van der Waals surface area (Å²) < 4.78 is 18.3. The van der Waals surface area contributed by atoms with Crippen LogP contribution in [0.15, 0.2) is 34.9 Å². The van der Waals surface area contributed by atoms with Gasteiger partial charge in [0.1, 0.15) is 12.1 Å². The lowest BCUT2D eigenvalue weighted by Gasteiger charge is -2.31. The zero-order valence-electron chi connectivity index (χ0n) is 12.7. The number of likely N-dealkylation sites (tertiary alicyclic amines) is 1. The standard InChI is InChI=1S/C17H19FN2O3/c18-14-5-3-13(4-6-14)17-19-15(11-23-17)8-16(22)20-7-1-2-12(9-20)10-21/h3-6,11-12,21H,1-2,7-10H2. The Labute approximate surface area is 133 Å². The molecule has 0 aliphatic carbocycles. The Bertz CT molecular complexity index is 669. The number of halogens is 1. The SMILES string of the molecule is O=C(Cc1coc(-c2ccc(F)cc2)n1)N1CCCC(CO)C1. The number of amides is 1. The highest BCUT2D eigenvalue weighted by Crippen LogP contribution is 2.20. The molecular formula is C17H19FN2O3. The maximum atomic E-state index is 12.9. The van der Waals surface area contributed by atoms with Gasteiger partial charge in [-0.25, -0.2) is 9.37 Å². The molecule has 1 fully saturated rings. The maximum Gasteiger partial charge on any atom is 0.228 e. The molecule has 0 saturated carbocycles. The fraction of sp³-hybridized carbons (Fsp3) is 0.412. The Morgan fingerprint density at radius 2 is 2.17 bits per heavy atom. The van der Waals surface area contributed by atoms with Gasteiger partial charge in [0.25, 0.3) is 0 Å². The van der Waals surface area contributed by atoms with Gasteiger partial charge in [-0.1, -0.05) is 0 Å². The van der Waals surface area contributed by atoms with Crippen molar-refractivity contribution in [3.63, 3.8) is 0 Å². The van der Waals surface area contributed by atoms with Crippen LogP contribution in [0.5, 0.6) is 0 Å². The molecule has 1 unspecified atom stereocenters. The third kappa shape index (κ3) is 3.76. The van der Waals surface area contributed by atoms with Crippen LogP contribution in [0.3, 0.4) is 0 Å². The number of benzene rings is 1. The molecule has 5 nitrogen and oxygen atoms in total. The number of aliphatic hydroxyl groups is 1. The molecular weight excluding hydrogens is 299 g/mol. The number of oxazole rings is 1. The average Bonchev–Trinajstić information content (AvgIpc) is 3.04. The third-order valence-electron chi connectivity index (χ3n) is 4.11. The number of carbonyl (C=O) groups is 1. The third-order valence-corrected chi connectivity index (χ3v) is 4.11. The largest absolute Gasteiger partial charge is 0.444 e. The van der Waals surface area contributed by atoms with E-state index >= 15 is 0 Å². The number of carbonyl (C=O) groups excluding carboxylic acids is 1. The minimum Gasteiger partial charge on any atom is -0.444 e. The van der Waals surface area contributed by atoms with Crippen molar-refractivity contribution in [1.29, 1.82) is 0 Å². The molecule has 1 aromatic carbocycles. The van der Waals surface area contributed by atoms with Crippen molar-refractivity contribution in [2.45, 2.75) is 19.3 Å². The smallest absolute Gasteiger partial charge is 0.228 e. The van der Waals surface area contributed by atoms with Crippen LogP contribution in [-0.4, -0.2) is 40.6 Å². The molecule has 23 heavy (non-hydrogen) atoms. The summed E-state index contributed by atoms with van der Waals surface area (Å²) in [6, 6.07) is 5.85. The van der Waals surface area contributed by atoms with Crippen LogP contribution in [0, 0.1) is 11.7 Å². The number of nitrogens with zero attached hydrogens (tertiary/aromatic N) is 2. The quantitative estimate of drug-likeness (QED) is 0.939. The van der Waals surface area contributed by atoms with Gasteiger partial charge in [-0.3, -0.25) is 4.79 Å². The molecule has 1 amide bonds. The van der Waals surface area contributed by atoms with Gasteiger partial charge in [0.15, 0.2) is 0 Å². The number of piperidine rings is 1. The summed E-state index contributed by atoms with van der Waals surface area (Å²) >= 11 is 0. The van der Waals surface area contributed by atoms with E-state index in [9.17, 15) is 14.3 Å². The second-order valence-corrected chi connectivity index (χ2v) is 5.86. The molecule has 0 bridgehead atoms. The van der Waals surface area contributed by atoms with Crippen LogP contribution >= 0.6 is 0 Å². The number of aliphatic hydroxyl groups excluding tert-OH is 1. The van der Waals surface area contributed by atoms with Crippen LogP contribution < -0.4 is 0 Å². The van der Waals surface area contributed by atoms with Gasteiger partial charge in [-0.05, 0) is 43.0 Å². The molecule has 2 aromatic rings. The first kappa shape index (κ1) is 15.7. The first-order valence-corrected chi connectivity index (χ1v) is 7.74. The molecule has 2 heterocycles. The minimum absolute atomic E-state index is 0.0119. The molecule has 1 aromatic heterocycles. The van der Waals surface area contributed by atoms with E-state index in [2.05, 4.69) is 4.98 Å². The van der Waals surface area contributed by atoms with Crippen LogP contribution in [0.25, 0.3) is 11.5 Å². The van der Waals surface area contributed by atoms with Crippen molar-refractivity contribution < 1.29 is 18.7 Å². The van der Waals surface area contributed by atoms with E-state index in [4.69, 9.17) is 4.42 Å². The normalized spacial score (nSPS) is 18.2. The maximum absolute atomic E-state index is 12.9. The Balaban J connectivity index is 1.64. The van der Waals surface area contributed by atoms with E-state index in [0.29, 0.717) is 23.7 Å². The number of hydrogen-bond donors (Lipinski definition) is 1. The predicted octanol–water partition coefficient (Wildman–Crippen LogP) is 2.25. The fourth-order valence-corrected chi connectivity index (χ4v) is 2.82. The topological polar surface area (TPSA) is 66.6 Å². The van der Waals surface area contributed by atoms with Gasteiger partial charge in [0.2, 0.25) is 11.8 Å². The number of hydrogen-bond acceptors (Lipinski definition) is 4. The van der Waals surface area contributed by atoms with Gasteiger partial charge in [-0.2, -0.15) is 0 Å². The first-order chi connectivity index (χ1) is 11.2. The molecule has 1 aliphatic rings. The van der Waals surface area contributed by atoms with Gasteiger partial charge in [0.05, 0.1) is 12.1 Å². The second kappa shape index (κ2) is 6.91.